The lowest BCUT2D eigenvalue weighted by molar-refractivity contribution is -0.140. The van der Waals surface area contributed by atoms with Crippen LogP contribution in [-0.2, 0) is 32.6 Å². The zero-order chi connectivity index (χ0) is 34.8. The number of sulfonamides is 1. The van der Waals surface area contributed by atoms with Gasteiger partial charge in [-0.25, -0.2) is 12.8 Å². The summed E-state index contributed by atoms with van der Waals surface area (Å²) in [6.45, 7) is 5.66. The molecule has 9 nitrogen and oxygen atoms in total. The Hall–Kier alpha value is -4.90. The van der Waals surface area contributed by atoms with E-state index in [4.69, 9.17) is 9.47 Å². The third-order valence-electron chi connectivity index (χ3n) is 7.77. The standard InChI is InChI=1S/C37H42FN3O6S/c1-26(2)23-39-37(43)33(21-28-9-7-6-8-10-28)40(24-29-13-11-27(3)12-14-29)36(42)25-41(31-17-15-30(38)16-18-31)48(44,45)32-19-20-34(46-4)35(22-32)47-5/h6-20,22,26,33H,21,23-25H2,1-5H3,(H,39,43)/t33-/m0/s1. The summed E-state index contributed by atoms with van der Waals surface area (Å²) in [5.41, 5.74) is 2.69. The number of nitrogens with zero attached hydrogens (tertiary/aromatic N) is 2. The largest absolute Gasteiger partial charge is 0.493 e. The minimum absolute atomic E-state index is 0.0410. The average Bonchev–Trinajstić information content (AvgIpc) is 3.08. The van der Waals surface area contributed by atoms with E-state index in [0.29, 0.717) is 12.3 Å². The molecule has 0 aliphatic rings. The third kappa shape index (κ3) is 9.13. The summed E-state index contributed by atoms with van der Waals surface area (Å²) in [6, 6.07) is 24.9. The van der Waals surface area contributed by atoms with E-state index < -0.39 is 34.3 Å². The molecule has 0 radical (unpaired) electrons. The van der Waals surface area contributed by atoms with Crippen molar-refractivity contribution in [3.8, 4) is 11.5 Å². The van der Waals surface area contributed by atoms with Crippen molar-refractivity contribution < 1.29 is 31.9 Å². The Balaban J connectivity index is 1.81. The minimum atomic E-state index is -4.43. The van der Waals surface area contributed by atoms with Crippen LogP contribution in [0.25, 0.3) is 0 Å². The molecule has 11 heteroatoms. The van der Waals surface area contributed by atoms with Gasteiger partial charge in [-0.2, -0.15) is 0 Å². The van der Waals surface area contributed by atoms with Crippen LogP contribution in [0.3, 0.4) is 0 Å². The highest BCUT2D eigenvalue weighted by Gasteiger charge is 2.35. The fourth-order valence-electron chi connectivity index (χ4n) is 5.11. The number of nitrogens with one attached hydrogen (secondary N) is 1. The molecule has 254 valence electrons. The predicted molar refractivity (Wildman–Crippen MR) is 184 cm³/mol. The molecule has 1 N–H and O–H groups in total. The molecule has 4 aromatic rings. The zero-order valence-corrected chi connectivity index (χ0v) is 28.7. The zero-order valence-electron chi connectivity index (χ0n) is 27.9. The van der Waals surface area contributed by atoms with Crippen LogP contribution in [0.2, 0.25) is 0 Å². The molecule has 0 aliphatic heterocycles. The first-order valence-corrected chi connectivity index (χ1v) is 17.0. The van der Waals surface area contributed by atoms with E-state index in [2.05, 4.69) is 5.32 Å². The van der Waals surface area contributed by atoms with E-state index in [1.807, 2.05) is 75.4 Å². The van der Waals surface area contributed by atoms with Crippen LogP contribution < -0.4 is 19.1 Å². The van der Waals surface area contributed by atoms with Crippen LogP contribution in [0, 0.1) is 18.7 Å². The van der Waals surface area contributed by atoms with E-state index >= 15 is 0 Å². The number of rotatable bonds is 15. The SMILES string of the molecule is COc1ccc(S(=O)(=O)N(CC(=O)N(Cc2ccc(C)cc2)[C@@H](Cc2ccccc2)C(=O)NCC(C)C)c2ccc(F)cc2)cc1OC. The molecule has 48 heavy (non-hydrogen) atoms. The number of carbonyl (C=O) groups is 2. The Kier molecular flexibility index (Phi) is 12.2. The van der Waals surface area contributed by atoms with E-state index in [1.165, 1.54) is 49.5 Å². The molecular formula is C37H42FN3O6S. The van der Waals surface area contributed by atoms with Crippen LogP contribution in [0.1, 0.15) is 30.5 Å². The number of halogens is 1. The van der Waals surface area contributed by atoms with Gasteiger partial charge in [0.2, 0.25) is 11.8 Å². The lowest BCUT2D eigenvalue weighted by Crippen LogP contribution is -2.53. The Morgan fingerprint density at radius 3 is 2.08 bits per heavy atom. The van der Waals surface area contributed by atoms with Gasteiger partial charge in [0, 0.05) is 25.6 Å². The second-order valence-electron chi connectivity index (χ2n) is 11.9. The molecule has 0 fully saturated rings. The summed E-state index contributed by atoms with van der Waals surface area (Å²) < 4.78 is 54.2. The van der Waals surface area contributed by atoms with Crippen molar-refractivity contribution in [3.63, 3.8) is 0 Å². The highest BCUT2D eigenvalue weighted by Crippen LogP contribution is 2.32. The van der Waals surface area contributed by atoms with Crippen LogP contribution in [0.15, 0.2) is 102 Å². The Morgan fingerprint density at radius 2 is 1.48 bits per heavy atom. The number of amides is 2. The van der Waals surface area contributed by atoms with Crippen LogP contribution in [0.4, 0.5) is 10.1 Å². The van der Waals surface area contributed by atoms with Gasteiger partial charge in [0.15, 0.2) is 11.5 Å². The summed E-state index contributed by atoms with van der Waals surface area (Å²) in [7, 11) is -1.61. The van der Waals surface area contributed by atoms with Gasteiger partial charge in [-0.05, 0) is 60.4 Å². The fraction of sp³-hybridized carbons (Fsp3) is 0.297. The maximum absolute atomic E-state index is 14.6. The quantitative estimate of drug-likeness (QED) is 0.172. The molecular weight excluding hydrogens is 633 g/mol. The first-order chi connectivity index (χ1) is 22.9. The van der Waals surface area contributed by atoms with Gasteiger partial charge in [0.05, 0.1) is 24.8 Å². The van der Waals surface area contributed by atoms with E-state index in [-0.39, 0.29) is 41.1 Å². The molecule has 0 aromatic heterocycles. The second-order valence-corrected chi connectivity index (χ2v) is 13.7. The van der Waals surface area contributed by atoms with Gasteiger partial charge >= 0.3 is 0 Å². The topological polar surface area (TPSA) is 105 Å². The lowest BCUT2D eigenvalue weighted by atomic mass is 10.0. The Bertz CT molecular complexity index is 1780. The maximum atomic E-state index is 14.6. The summed E-state index contributed by atoms with van der Waals surface area (Å²) >= 11 is 0. The van der Waals surface area contributed by atoms with Crippen LogP contribution >= 0.6 is 0 Å². The number of hydrogen-bond acceptors (Lipinski definition) is 6. The number of hydrogen-bond donors (Lipinski definition) is 1. The summed E-state index contributed by atoms with van der Waals surface area (Å²) in [4.78, 5) is 29.7. The first kappa shape index (κ1) is 35.9. The molecule has 1 atom stereocenters. The Labute approximate surface area is 282 Å². The molecule has 0 aliphatic carbocycles. The van der Waals surface area contributed by atoms with Gasteiger partial charge in [0.25, 0.3) is 10.0 Å². The third-order valence-corrected chi connectivity index (χ3v) is 9.54. The van der Waals surface area contributed by atoms with Gasteiger partial charge in [-0.3, -0.25) is 13.9 Å². The molecule has 4 aromatic carbocycles. The van der Waals surface area contributed by atoms with Crippen molar-refractivity contribution >= 4 is 27.5 Å². The van der Waals surface area contributed by atoms with Gasteiger partial charge < -0.3 is 19.7 Å². The highest BCUT2D eigenvalue weighted by atomic mass is 32.2. The van der Waals surface area contributed by atoms with Crippen molar-refractivity contribution in [1.82, 2.24) is 10.2 Å². The van der Waals surface area contributed by atoms with Crippen molar-refractivity contribution in [3.05, 3.63) is 120 Å². The minimum Gasteiger partial charge on any atom is -0.493 e. The fourth-order valence-corrected chi connectivity index (χ4v) is 6.54. The molecule has 4 rings (SSSR count). The molecule has 0 spiro atoms. The molecule has 0 saturated heterocycles. The van der Waals surface area contributed by atoms with Crippen molar-refractivity contribution in [2.45, 2.75) is 44.7 Å². The van der Waals surface area contributed by atoms with E-state index in [1.54, 1.807) is 0 Å². The Morgan fingerprint density at radius 1 is 0.833 bits per heavy atom. The van der Waals surface area contributed by atoms with Crippen molar-refractivity contribution in [2.24, 2.45) is 5.92 Å². The van der Waals surface area contributed by atoms with E-state index in [0.717, 1.165) is 33.1 Å². The normalized spacial score (nSPS) is 11.9. The number of carbonyl (C=O) groups excluding carboxylic acids is 2. The van der Waals surface area contributed by atoms with Crippen molar-refractivity contribution in [1.29, 1.82) is 0 Å². The number of methoxy groups -OCH3 is 2. The average molecular weight is 676 g/mol. The van der Waals surface area contributed by atoms with Gasteiger partial charge in [0.1, 0.15) is 18.4 Å². The summed E-state index contributed by atoms with van der Waals surface area (Å²) in [6.07, 6.45) is 0.196. The predicted octanol–water partition coefficient (Wildman–Crippen LogP) is 5.76. The smallest absolute Gasteiger partial charge is 0.264 e. The monoisotopic (exact) mass is 675 g/mol. The first-order valence-electron chi connectivity index (χ1n) is 15.6. The summed E-state index contributed by atoms with van der Waals surface area (Å²) in [5.74, 6) is -0.892. The van der Waals surface area contributed by atoms with E-state index in [9.17, 15) is 22.4 Å². The summed E-state index contributed by atoms with van der Waals surface area (Å²) in [5, 5.41) is 2.97. The number of ether oxygens (including phenoxy) is 2. The maximum Gasteiger partial charge on any atom is 0.264 e. The number of benzene rings is 4. The lowest BCUT2D eigenvalue weighted by Gasteiger charge is -2.34. The number of anilines is 1. The molecule has 2 amide bonds. The second kappa shape index (κ2) is 16.3. The van der Waals surface area contributed by atoms with Crippen LogP contribution in [0.5, 0.6) is 11.5 Å². The molecule has 0 bridgehead atoms. The van der Waals surface area contributed by atoms with Gasteiger partial charge in [-0.15, -0.1) is 0 Å². The molecule has 0 heterocycles. The van der Waals surface area contributed by atoms with Gasteiger partial charge in [-0.1, -0.05) is 74.0 Å². The van der Waals surface area contributed by atoms with Crippen LogP contribution in [-0.4, -0.2) is 58.5 Å². The highest BCUT2D eigenvalue weighted by molar-refractivity contribution is 7.92. The number of aryl methyl sites for hydroxylation is 1. The molecule has 0 saturated carbocycles. The molecule has 0 unspecified atom stereocenters. The van der Waals surface area contributed by atoms with Crippen molar-refractivity contribution in [2.75, 3.05) is 31.6 Å².